The fraction of sp³-hybridized carbons (Fsp3) is 0.727. The normalized spacial score (nSPS) is 29.6. The average Bonchev–Trinajstić information content (AvgIpc) is 2.66. The lowest BCUT2D eigenvalue weighted by atomic mass is 9.72. The van der Waals surface area contributed by atoms with E-state index in [0.717, 1.165) is 25.7 Å². The van der Waals surface area contributed by atoms with E-state index in [0.29, 0.717) is 31.6 Å². The number of ether oxygens (including phenoxy) is 1. The van der Waals surface area contributed by atoms with Crippen molar-refractivity contribution in [3.8, 4) is 5.75 Å². The summed E-state index contributed by atoms with van der Waals surface area (Å²) in [5, 5.41) is 0. The molecular formula is C22H30F4O. The van der Waals surface area contributed by atoms with Gasteiger partial charge in [-0.15, -0.1) is 0 Å². The number of rotatable bonds is 5. The zero-order valence-electron chi connectivity index (χ0n) is 16.2. The van der Waals surface area contributed by atoms with Crippen LogP contribution in [0.4, 0.5) is 17.6 Å². The number of methoxy groups -OCH3 is 1. The van der Waals surface area contributed by atoms with Crippen molar-refractivity contribution in [2.45, 2.75) is 76.6 Å². The van der Waals surface area contributed by atoms with Crippen LogP contribution in [0, 0.1) is 29.4 Å². The summed E-state index contributed by atoms with van der Waals surface area (Å²) < 4.78 is 62.7. The molecule has 0 saturated heterocycles. The molecule has 0 N–H and O–H groups in total. The minimum absolute atomic E-state index is 0.0133. The van der Waals surface area contributed by atoms with Gasteiger partial charge in [0.25, 0.3) is 5.92 Å². The van der Waals surface area contributed by atoms with Crippen molar-refractivity contribution in [1.29, 1.82) is 0 Å². The van der Waals surface area contributed by atoms with E-state index in [2.05, 4.69) is 6.92 Å². The van der Waals surface area contributed by atoms with Crippen molar-refractivity contribution in [2.75, 3.05) is 7.11 Å². The van der Waals surface area contributed by atoms with Crippen LogP contribution in [0.2, 0.25) is 0 Å². The van der Waals surface area contributed by atoms with Crippen LogP contribution in [0.15, 0.2) is 12.1 Å². The third-order valence-corrected chi connectivity index (χ3v) is 6.76. The van der Waals surface area contributed by atoms with Crippen LogP contribution < -0.4 is 4.74 Å². The number of alkyl halides is 2. The summed E-state index contributed by atoms with van der Waals surface area (Å²) in [7, 11) is 1.29. The number of hydrogen-bond donors (Lipinski definition) is 0. The molecule has 1 aromatic rings. The van der Waals surface area contributed by atoms with Crippen molar-refractivity contribution in [2.24, 2.45) is 17.8 Å². The lowest BCUT2D eigenvalue weighted by Crippen LogP contribution is -2.34. The Morgan fingerprint density at radius 3 is 2.15 bits per heavy atom. The van der Waals surface area contributed by atoms with Gasteiger partial charge >= 0.3 is 0 Å². The molecule has 0 radical (unpaired) electrons. The number of benzene rings is 1. The third-order valence-electron chi connectivity index (χ3n) is 6.76. The molecule has 2 fully saturated rings. The molecule has 3 rings (SSSR count). The second-order valence-corrected chi connectivity index (χ2v) is 8.62. The van der Waals surface area contributed by atoms with Gasteiger partial charge in [0.05, 0.1) is 7.11 Å². The quantitative estimate of drug-likeness (QED) is 0.491. The van der Waals surface area contributed by atoms with Gasteiger partial charge in [0.1, 0.15) is 0 Å². The molecule has 0 spiro atoms. The highest BCUT2D eigenvalue weighted by molar-refractivity contribution is 5.33. The Morgan fingerprint density at radius 1 is 0.926 bits per heavy atom. The van der Waals surface area contributed by atoms with Crippen LogP contribution in [0.5, 0.6) is 5.75 Å². The molecule has 2 saturated carbocycles. The fourth-order valence-corrected chi connectivity index (χ4v) is 4.93. The Labute approximate surface area is 159 Å². The molecule has 1 aromatic carbocycles. The summed E-state index contributed by atoms with van der Waals surface area (Å²) in [6.45, 7) is 2.19. The fourth-order valence-electron chi connectivity index (χ4n) is 4.93. The average molecular weight is 386 g/mol. The first-order valence-electron chi connectivity index (χ1n) is 10.2. The maximum Gasteiger partial charge on any atom is 0.251 e. The summed E-state index contributed by atoms with van der Waals surface area (Å²) in [5.74, 6) is -4.73. The van der Waals surface area contributed by atoms with E-state index >= 15 is 0 Å². The molecule has 5 heteroatoms. The minimum atomic E-state index is -2.65. The molecule has 0 aromatic heterocycles. The zero-order chi connectivity index (χ0) is 19.6. The first-order valence-corrected chi connectivity index (χ1v) is 10.2. The molecule has 0 amide bonds. The van der Waals surface area contributed by atoms with Crippen molar-refractivity contribution >= 4 is 0 Å². The molecule has 2 aliphatic carbocycles. The second kappa shape index (κ2) is 8.40. The van der Waals surface area contributed by atoms with Gasteiger partial charge in [0, 0.05) is 12.3 Å². The monoisotopic (exact) mass is 386 g/mol. The predicted octanol–water partition coefficient (Wildman–Crippen LogP) is 7.10. The van der Waals surface area contributed by atoms with Crippen LogP contribution in [0.1, 0.15) is 76.2 Å². The molecule has 0 atom stereocenters. The Kier molecular flexibility index (Phi) is 6.37. The topological polar surface area (TPSA) is 9.23 Å². The van der Waals surface area contributed by atoms with Gasteiger partial charge in [0.2, 0.25) is 5.82 Å². The van der Waals surface area contributed by atoms with Crippen molar-refractivity contribution in [3.63, 3.8) is 0 Å². The van der Waals surface area contributed by atoms with Crippen LogP contribution >= 0.6 is 0 Å². The maximum atomic E-state index is 14.8. The first kappa shape index (κ1) is 20.5. The van der Waals surface area contributed by atoms with Crippen LogP contribution in [-0.4, -0.2) is 13.0 Å². The summed E-state index contributed by atoms with van der Waals surface area (Å²) in [6.07, 6.45) is 5.59. The van der Waals surface area contributed by atoms with Gasteiger partial charge < -0.3 is 4.74 Å². The van der Waals surface area contributed by atoms with E-state index in [9.17, 15) is 17.6 Å². The summed E-state index contributed by atoms with van der Waals surface area (Å²) in [4.78, 5) is 0. The molecule has 0 unspecified atom stereocenters. The van der Waals surface area contributed by atoms with Crippen LogP contribution in [0.25, 0.3) is 0 Å². The Hall–Kier alpha value is -1.26. The smallest absolute Gasteiger partial charge is 0.251 e. The van der Waals surface area contributed by atoms with Gasteiger partial charge in [-0.2, -0.15) is 4.39 Å². The lowest BCUT2D eigenvalue weighted by molar-refractivity contribution is -0.0935. The molecule has 0 heterocycles. The predicted molar refractivity (Wildman–Crippen MR) is 98.3 cm³/mol. The maximum absolute atomic E-state index is 14.8. The molecule has 0 bridgehead atoms. The van der Waals surface area contributed by atoms with Gasteiger partial charge in [-0.05, 0) is 67.9 Å². The number of hydrogen-bond acceptors (Lipinski definition) is 1. The highest BCUT2D eigenvalue weighted by atomic mass is 19.3. The van der Waals surface area contributed by atoms with E-state index in [1.807, 2.05) is 0 Å². The highest BCUT2D eigenvalue weighted by Crippen LogP contribution is 2.47. The van der Waals surface area contributed by atoms with Crippen LogP contribution in [-0.2, 0) is 0 Å². The van der Waals surface area contributed by atoms with Gasteiger partial charge in [-0.25, -0.2) is 13.2 Å². The van der Waals surface area contributed by atoms with Crippen LogP contribution in [0.3, 0.4) is 0 Å². The molecular weight excluding hydrogens is 356 g/mol. The van der Waals surface area contributed by atoms with E-state index in [4.69, 9.17) is 4.74 Å². The van der Waals surface area contributed by atoms with E-state index < -0.39 is 23.5 Å². The van der Waals surface area contributed by atoms with E-state index in [-0.39, 0.29) is 29.6 Å². The van der Waals surface area contributed by atoms with Crippen molar-refractivity contribution in [3.05, 3.63) is 29.3 Å². The molecule has 27 heavy (non-hydrogen) atoms. The van der Waals surface area contributed by atoms with Gasteiger partial charge in [-0.1, -0.05) is 25.8 Å². The largest absolute Gasteiger partial charge is 0.494 e. The molecule has 1 nitrogen and oxygen atoms in total. The van der Waals surface area contributed by atoms with E-state index in [1.54, 1.807) is 0 Å². The molecule has 2 aliphatic rings. The SMILES string of the molecule is COc1ccc(C2CCC(C(F)(F)CC3CCC(C)CC3)CC2)c(F)c1F. The summed E-state index contributed by atoms with van der Waals surface area (Å²) in [6, 6.07) is 2.95. The van der Waals surface area contributed by atoms with E-state index in [1.165, 1.54) is 19.2 Å². The third kappa shape index (κ3) is 4.60. The number of halogens is 4. The zero-order valence-corrected chi connectivity index (χ0v) is 16.2. The Bertz CT molecular complexity index is 629. The van der Waals surface area contributed by atoms with Gasteiger partial charge in [-0.3, -0.25) is 0 Å². The molecule has 152 valence electrons. The Balaban J connectivity index is 1.59. The van der Waals surface area contributed by atoms with Crippen molar-refractivity contribution < 1.29 is 22.3 Å². The standard InChI is InChI=1S/C22H30F4O/c1-14-3-5-15(6-4-14)13-22(25,26)17-9-7-16(8-10-17)18-11-12-19(27-2)21(24)20(18)23/h11-12,14-17H,3-10,13H2,1-2H3. The highest BCUT2D eigenvalue weighted by Gasteiger charge is 2.43. The second-order valence-electron chi connectivity index (χ2n) is 8.62. The summed E-state index contributed by atoms with van der Waals surface area (Å²) in [5.41, 5.74) is 0.288. The minimum Gasteiger partial charge on any atom is -0.494 e. The Morgan fingerprint density at radius 2 is 1.56 bits per heavy atom. The molecule has 0 aliphatic heterocycles. The lowest BCUT2D eigenvalue weighted by Gasteiger charge is -2.37. The summed E-state index contributed by atoms with van der Waals surface area (Å²) >= 11 is 0. The first-order chi connectivity index (χ1) is 12.8. The van der Waals surface area contributed by atoms with Gasteiger partial charge in [0.15, 0.2) is 11.6 Å². The van der Waals surface area contributed by atoms with Crippen molar-refractivity contribution in [1.82, 2.24) is 0 Å².